The Bertz CT molecular complexity index is 526. The van der Waals surface area contributed by atoms with Gasteiger partial charge in [-0.2, -0.15) is 0 Å². The number of nitro benzene ring substituents is 1. The summed E-state index contributed by atoms with van der Waals surface area (Å²) in [7, 11) is 3.37. The van der Waals surface area contributed by atoms with Gasteiger partial charge in [0.25, 0.3) is 11.6 Å². The zero-order chi connectivity index (χ0) is 14.7. The molecule has 0 spiro atoms. The highest BCUT2D eigenvalue weighted by molar-refractivity contribution is 5.95. The van der Waals surface area contributed by atoms with Gasteiger partial charge >= 0.3 is 0 Å². The number of hydrogen-bond donors (Lipinski definition) is 1. The summed E-state index contributed by atoms with van der Waals surface area (Å²) >= 11 is 0. The molecule has 0 saturated heterocycles. The Hall–Kier alpha value is -2.11. The predicted octanol–water partition coefficient (Wildman–Crippen LogP) is 2.51. The Kier molecular flexibility index (Phi) is 4.22. The van der Waals surface area contributed by atoms with Crippen LogP contribution in [-0.2, 0) is 0 Å². The quantitative estimate of drug-likeness (QED) is 0.662. The summed E-state index contributed by atoms with van der Waals surface area (Å²) in [4.78, 5) is 24.5. The van der Waals surface area contributed by atoms with Crippen molar-refractivity contribution in [2.75, 3.05) is 26.0 Å². The molecule has 0 radical (unpaired) electrons. The van der Waals surface area contributed by atoms with Gasteiger partial charge in [0.1, 0.15) is 5.69 Å². The number of carbonyl (C=O) groups is 1. The SMILES string of the molecule is CNc1ccc(C(=O)N(C)CC2CCC2)cc1[N+](=O)[O-]. The van der Waals surface area contributed by atoms with Crippen molar-refractivity contribution in [1.29, 1.82) is 0 Å². The van der Waals surface area contributed by atoms with Crippen molar-refractivity contribution in [2.24, 2.45) is 5.92 Å². The molecule has 1 amide bonds. The fourth-order valence-electron chi connectivity index (χ4n) is 2.39. The van der Waals surface area contributed by atoms with E-state index < -0.39 is 4.92 Å². The predicted molar refractivity (Wildman–Crippen MR) is 76.9 cm³/mol. The molecule has 1 aliphatic carbocycles. The molecular weight excluding hydrogens is 258 g/mol. The highest BCUT2D eigenvalue weighted by Crippen LogP contribution is 2.28. The van der Waals surface area contributed by atoms with Crippen molar-refractivity contribution in [3.05, 3.63) is 33.9 Å². The summed E-state index contributed by atoms with van der Waals surface area (Å²) in [5.74, 6) is 0.415. The molecule has 0 aromatic heterocycles. The number of rotatable bonds is 5. The van der Waals surface area contributed by atoms with Gasteiger partial charge in [-0.15, -0.1) is 0 Å². The molecule has 0 unspecified atom stereocenters. The van der Waals surface area contributed by atoms with E-state index in [1.807, 2.05) is 0 Å². The van der Waals surface area contributed by atoms with Gasteiger partial charge < -0.3 is 10.2 Å². The highest BCUT2D eigenvalue weighted by Gasteiger charge is 2.23. The van der Waals surface area contributed by atoms with Crippen molar-refractivity contribution in [3.8, 4) is 0 Å². The zero-order valence-electron chi connectivity index (χ0n) is 11.8. The van der Waals surface area contributed by atoms with Crippen LogP contribution in [-0.4, -0.2) is 36.4 Å². The van der Waals surface area contributed by atoms with Crippen molar-refractivity contribution >= 4 is 17.3 Å². The summed E-state index contributed by atoms with van der Waals surface area (Å²) in [6.45, 7) is 0.723. The van der Waals surface area contributed by atoms with Gasteiger partial charge in [0, 0.05) is 32.3 Å². The second-order valence-electron chi connectivity index (χ2n) is 5.22. The number of hydrogen-bond acceptors (Lipinski definition) is 4. The third-order valence-corrected chi connectivity index (χ3v) is 3.81. The Labute approximate surface area is 117 Å². The lowest BCUT2D eigenvalue weighted by Gasteiger charge is -2.30. The van der Waals surface area contributed by atoms with E-state index in [0.29, 0.717) is 17.2 Å². The normalized spacial score (nSPS) is 14.5. The van der Waals surface area contributed by atoms with E-state index in [9.17, 15) is 14.9 Å². The zero-order valence-corrected chi connectivity index (χ0v) is 11.8. The van der Waals surface area contributed by atoms with Crippen LogP contribution in [0.2, 0.25) is 0 Å². The van der Waals surface area contributed by atoms with Gasteiger partial charge in [-0.3, -0.25) is 14.9 Å². The van der Waals surface area contributed by atoms with Crippen LogP contribution < -0.4 is 5.32 Å². The first-order valence-electron chi connectivity index (χ1n) is 6.74. The summed E-state index contributed by atoms with van der Waals surface area (Å²) in [6, 6.07) is 4.53. The average molecular weight is 277 g/mol. The maximum absolute atomic E-state index is 12.3. The van der Waals surface area contributed by atoms with Gasteiger partial charge in [0.2, 0.25) is 0 Å². The van der Waals surface area contributed by atoms with Crippen molar-refractivity contribution < 1.29 is 9.72 Å². The molecule has 0 bridgehead atoms. The van der Waals surface area contributed by atoms with Gasteiger partial charge in [-0.1, -0.05) is 6.42 Å². The van der Waals surface area contributed by atoms with Crippen LogP contribution in [0, 0.1) is 16.0 Å². The molecule has 20 heavy (non-hydrogen) atoms. The first-order chi connectivity index (χ1) is 9.52. The monoisotopic (exact) mass is 277 g/mol. The van der Waals surface area contributed by atoms with E-state index in [2.05, 4.69) is 5.32 Å². The third-order valence-electron chi connectivity index (χ3n) is 3.81. The number of amides is 1. The third kappa shape index (κ3) is 2.89. The number of nitro groups is 1. The van der Waals surface area contributed by atoms with Crippen LogP contribution in [0.1, 0.15) is 29.6 Å². The van der Waals surface area contributed by atoms with Crippen LogP contribution in [0.15, 0.2) is 18.2 Å². The highest BCUT2D eigenvalue weighted by atomic mass is 16.6. The molecule has 6 heteroatoms. The molecule has 0 atom stereocenters. The Morgan fingerprint density at radius 2 is 2.20 bits per heavy atom. The minimum absolute atomic E-state index is 0.0737. The van der Waals surface area contributed by atoms with Crippen LogP contribution in [0.5, 0.6) is 0 Å². The number of benzene rings is 1. The van der Waals surface area contributed by atoms with Gasteiger partial charge in [-0.05, 0) is 30.9 Å². The van der Waals surface area contributed by atoms with Gasteiger partial charge in [-0.25, -0.2) is 0 Å². The Morgan fingerprint density at radius 3 is 2.70 bits per heavy atom. The molecule has 1 aliphatic rings. The van der Waals surface area contributed by atoms with E-state index in [-0.39, 0.29) is 11.6 Å². The van der Waals surface area contributed by atoms with Gasteiger partial charge in [0.15, 0.2) is 0 Å². The van der Waals surface area contributed by atoms with E-state index in [1.54, 1.807) is 31.1 Å². The summed E-state index contributed by atoms with van der Waals surface area (Å²) in [5.41, 5.74) is 0.695. The first-order valence-corrected chi connectivity index (χ1v) is 6.74. The van der Waals surface area contributed by atoms with Crippen LogP contribution in [0.4, 0.5) is 11.4 Å². The number of anilines is 1. The maximum atomic E-state index is 12.3. The fraction of sp³-hybridized carbons (Fsp3) is 0.500. The summed E-state index contributed by atoms with van der Waals surface area (Å²) < 4.78 is 0. The standard InChI is InChI=1S/C14H19N3O3/c1-15-12-7-6-11(8-13(12)17(19)20)14(18)16(2)9-10-4-3-5-10/h6-8,10,15H,3-5,9H2,1-2H3. The molecule has 1 saturated carbocycles. The molecule has 0 heterocycles. The van der Waals surface area contributed by atoms with E-state index in [4.69, 9.17) is 0 Å². The molecule has 1 N–H and O–H groups in total. The van der Waals surface area contributed by atoms with Crippen molar-refractivity contribution in [3.63, 3.8) is 0 Å². The van der Waals surface area contributed by atoms with Gasteiger partial charge in [0.05, 0.1) is 4.92 Å². The largest absolute Gasteiger partial charge is 0.383 e. The molecule has 6 nitrogen and oxygen atoms in total. The summed E-state index contributed by atoms with van der Waals surface area (Å²) in [5, 5.41) is 13.8. The first kappa shape index (κ1) is 14.3. The minimum Gasteiger partial charge on any atom is -0.383 e. The molecule has 108 valence electrons. The molecule has 1 fully saturated rings. The van der Waals surface area contributed by atoms with Crippen molar-refractivity contribution in [1.82, 2.24) is 4.90 Å². The van der Waals surface area contributed by atoms with Crippen molar-refractivity contribution in [2.45, 2.75) is 19.3 Å². The second kappa shape index (κ2) is 5.90. The summed E-state index contributed by atoms with van der Waals surface area (Å²) in [6.07, 6.45) is 3.56. The molecule has 1 aromatic rings. The topological polar surface area (TPSA) is 75.5 Å². The number of nitrogens with zero attached hydrogens (tertiary/aromatic N) is 2. The lowest BCUT2D eigenvalue weighted by molar-refractivity contribution is -0.384. The smallest absolute Gasteiger partial charge is 0.293 e. The number of nitrogens with one attached hydrogen (secondary N) is 1. The fourth-order valence-corrected chi connectivity index (χ4v) is 2.39. The van der Waals surface area contributed by atoms with Crippen LogP contribution in [0.25, 0.3) is 0 Å². The van der Waals surface area contributed by atoms with E-state index in [1.165, 1.54) is 12.5 Å². The molecule has 2 rings (SSSR count). The number of carbonyl (C=O) groups excluding carboxylic acids is 1. The van der Waals surface area contributed by atoms with Crippen LogP contribution >= 0.6 is 0 Å². The molecule has 1 aromatic carbocycles. The lowest BCUT2D eigenvalue weighted by Crippen LogP contribution is -2.34. The Morgan fingerprint density at radius 1 is 1.50 bits per heavy atom. The van der Waals surface area contributed by atoms with E-state index in [0.717, 1.165) is 19.4 Å². The van der Waals surface area contributed by atoms with E-state index >= 15 is 0 Å². The van der Waals surface area contributed by atoms with Crippen LogP contribution in [0.3, 0.4) is 0 Å². The molecular formula is C14H19N3O3. The lowest BCUT2D eigenvalue weighted by atomic mass is 9.85. The minimum atomic E-state index is -0.478. The average Bonchev–Trinajstić information content (AvgIpc) is 2.40. The molecule has 0 aliphatic heterocycles. The second-order valence-corrected chi connectivity index (χ2v) is 5.22. The maximum Gasteiger partial charge on any atom is 0.293 e. The Balaban J connectivity index is 2.16.